The molecule has 2 aliphatic heterocycles. The van der Waals surface area contributed by atoms with Crippen molar-refractivity contribution in [1.29, 1.82) is 0 Å². The molecule has 8 nitrogen and oxygen atoms in total. The van der Waals surface area contributed by atoms with Crippen molar-refractivity contribution < 1.29 is 46.1 Å². The van der Waals surface area contributed by atoms with E-state index in [4.69, 9.17) is 19.8 Å². The highest BCUT2D eigenvalue weighted by Gasteiger charge is 2.43. The molecule has 14 heteroatoms. The van der Waals surface area contributed by atoms with Crippen LogP contribution < -0.4 is 4.90 Å². The van der Waals surface area contributed by atoms with Gasteiger partial charge in [-0.2, -0.15) is 26.3 Å². The van der Waals surface area contributed by atoms with Gasteiger partial charge in [0.2, 0.25) is 5.95 Å². The number of likely N-dealkylation sites (tertiary alicyclic amines) is 1. The van der Waals surface area contributed by atoms with Crippen molar-refractivity contribution in [2.75, 3.05) is 24.5 Å². The van der Waals surface area contributed by atoms with E-state index in [1.165, 1.54) is 25.9 Å². The predicted octanol–water partition coefficient (Wildman–Crippen LogP) is 3.05. The van der Waals surface area contributed by atoms with E-state index < -0.39 is 24.3 Å². The number of halogens is 6. The number of hydrogen-bond acceptors (Lipinski definition) is 6. The number of nitrogens with zero attached hydrogens (tertiary/aromatic N) is 4. The molecule has 0 aliphatic carbocycles. The number of aliphatic carboxylic acids is 2. The van der Waals surface area contributed by atoms with Crippen LogP contribution in [0.3, 0.4) is 0 Å². The normalized spacial score (nSPS) is 20.7. The summed E-state index contributed by atoms with van der Waals surface area (Å²) in [6, 6.07) is 3.24. The minimum atomic E-state index is -5.08. The van der Waals surface area contributed by atoms with Crippen LogP contribution in [0.15, 0.2) is 18.5 Å². The molecule has 2 N–H and O–H groups in total. The molecule has 2 atom stereocenters. The molecular formula is C18H24F6N4O4. The van der Waals surface area contributed by atoms with E-state index in [1.807, 2.05) is 18.5 Å². The lowest BCUT2D eigenvalue weighted by atomic mass is 10.1. The fourth-order valence-electron chi connectivity index (χ4n) is 3.46. The fraction of sp³-hybridized carbons (Fsp3) is 0.667. The van der Waals surface area contributed by atoms with E-state index in [-0.39, 0.29) is 0 Å². The standard InChI is InChI=1S/C14H22N4.2C2HF3O2/c1-11(2)10-17-8-4-13-12(17)5-9-18(13)14-15-6-3-7-16-14;2*3-2(4,5)1(6)7/h3,6-7,11-13H,4-5,8-10H2,1-2H3;2*(H,6,7)/t12-,13+;;/m0../s1. The molecule has 2 aliphatic rings. The van der Waals surface area contributed by atoms with Gasteiger partial charge in [0, 0.05) is 44.1 Å². The Kier molecular flexibility index (Phi) is 9.67. The zero-order valence-electron chi connectivity index (χ0n) is 17.3. The van der Waals surface area contributed by atoms with E-state index in [0.717, 1.165) is 24.5 Å². The monoisotopic (exact) mass is 474 g/mol. The first-order chi connectivity index (χ1) is 14.6. The number of rotatable bonds is 3. The van der Waals surface area contributed by atoms with Crippen LogP contribution in [0, 0.1) is 5.92 Å². The van der Waals surface area contributed by atoms with Crippen molar-refractivity contribution in [3.8, 4) is 0 Å². The molecule has 0 amide bonds. The number of carboxylic acids is 2. The van der Waals surface area contributed by atoms with Crippen LogP contribution in [0.25, 0.3) is 0 Å². The fourth-order valence-corrected chi connectivity index (χ4v) is 3.46. The largest absolute Gasteiger partial charge is 0.490 e. The Morgan fingerprint density at radius 1 is 0.969 bits per heavy atom. The van der Waals surface area contributed by atoms with Gasteiger partial charge in [-0.25, -0.2) is 19.6 Å². The van der Waals surface area contributed by atoms with Crippen molar-refractivity contribution in [2.24, 2.45) is 5.92 Å². The quantitative estimate of drug-likeness (QED) is 0.644. The predicted molar refractivity (Wildman–Crippen MR) is 100.0 cm³/mol. The van der Waals surface area contributed by atoms with Gasteiger partial charge in [0.05, 0.1) is 0 Å². The second kappa shape index (κ2) is 11.3. The molecule has 0 bridgehead atoms. The van der Waals surface area contributed by atoms with Gasteiger partial charge in [-0.05, 0) is 24.8 Å². The summed E-state index contributed by atoms with van der Waals surface area (Å²) in [7, 11) is 0. The van der Waals surface area contributed by atoms with Crippen LogP contribution in [-0.2, 0) is 9.59 Å². The van der Waals surface area contributed by atoms with E-state index in [0.29, 0.717) is 6.04 Å². The smallest absolute Gasteiger partial charge is 0.475 e. The minimum absolute atomic E-state index is 0.631. The molecule has 2 saturated heterocycles. The van der Waals surface area contributed by atoms with Crippen LogP contribution >= 0.6 is 0 Å². The maximum Gasteiger partial charge on any atom is 0.490 e. The maximum atomic E-state index is 10.6. The molecule has 3 rings (SSSR count). The molecule has 1 aromatic heterocycles. The van der Waals surface area contributed by atoms with Crippen molar-refractivity contribution in [1.82, 2.24) is 14.9 Å². The second-order valence-electron chi connectivity index (χ2n) is 7.45. The zero-order valence-corrected chi connectivity index (χ0v) is 17.3. The van der Waals surface area contributed by atoms with Crippen molar-refractivity contribution in [2.45, 2.75) is 51.1 Å². The molecule has 0 unspecified atom stereocenters. The highest BCUT2D eigenvalue weighted by Crippen LogP contribution is 2.33. The average Bonchev–Trinajstić information content (AvgIpc) is 3.24. The first-order valence-corrected chi connectivity index (χ1v) is 9.52. The molecule has 1 aromatic rings. The van der Waals surface area contributed by atoms with E-state index in [9.17, 15) is 26.3 Å². The van der Waals surface area contributed by atoms with Gasteiger partial charge in [0.1, 0.15) is 0 Å². The van der Waals surface area contributed by atoms with Crippen LogP contribution in [0.2, 0.25) is 0 Å². The number of carboxylic acid groups (broad SMARTS) is 2. The van der Waals surface area contributed by atoms with Crippen molar-refractivity contribution >= 4 is 17.9 Å². The third-order valence-electron chi connectivity index (χ3n) is 4.59. The molecule has 2 fully saturated rings. The second-order valence-corrected chi connectivity index (χ2v) is 7.45. The van der Waals surface area contributed by atoms with Gasteiger partial charge in [-0.1, -0.05) is 13.8 Å². The topological polar surface area (TPSA) is 107 Å². The number of anilines is 1. The van der Waals surface area contributed by atoms with Crippen LogP contribution in [0.5, 0.6) is 0 Å². The van der Waals surface area contributed by atoms with E-state index in [1.54, 1.807) is 0 Å². The van der Waals surface area contributed by atoms with Gasteiger partial charge < -0.3 is 15.1 Å². The molecule has 182 valence electrons. The van der Waals surface area contributed by atoms with E-state index >= 15 is 0 Å². The Bertz CT molecular complexity index is 721. The van der Waals surface area contributed by atoms with Crippen LogP contribution in [0.4, 0.5) is 32.3 Å². The number of carbonyl (C=O) groups is 2. The Morgan fingerprint density at radius 3 is 1.81 bits per heavy atom. The molecule has 0 saturated carbocycles. The van der Waals surface area contributed by atoms with E-state index in [2.05, 4.69) is 33.6 Å². The summed E-state index contributed by atoms with van der Waals surface area (Å²) in [6.07, 6.45) is -3.96. The molecular weight excluding hydrogens is 450 g/mol. The molecule has 0 radical (unpaired) electrons. The third-order valence-corrected chi connectivity index (χ3v) is 4.59. The first kappa shape index (κ1) is 27.4. The summed E-state index contributed by atoms with van der Waals surface area (Å²) >= 11 is 0. The zero-order chi connectivity index (χ0) is 24.7. The Balaban J connectivity index is 0.000000305. The van der Waals surface area contributed by atoms with Crippen molar-refractivity contribution in [3.63, 3.8) is 0 Å². The van der Waals surface area contributed by atoms with Gasteiger partial charge in [0.15, 0.2) is 0 Å². The summed E-state index contributed by atoms with van der Waals surface area (Å²) < 4.78 is 63.5. The summed E-state index contributed by atoms with van der Waals surface area (Å²) in [5, 5.41) is 14.2. The third kappa shape index (κ3) is 8.48. The summed E-state index contributed by atoms with van der Waals surface area (Å²) in [5.74, 6) is -3.85. The number of fused-ring (bicyclic) bond motifs is 1. The SMILES string of the molecule is CC(C)CN1CC[C@@H]2[C@@H]1CCN2c1ncccn1.O=C(O)C(F)(F)F.O=C(O)C(F)(F)F. The number of hydrogen-bond donors (Lipinski definition) is 2. The van der Waals surface area contributed by atoms with Crippen molar-refractivity contribution in [3.05, 3.63) is 18.5 Å². The lowest BCUT2D eigenvalue weighted by Gasteiger charge is -2.26. The summed E-state index contributed by atoms with van der Waals surface area (Å²) in [5.41, 5.74) is 0. The Morgan fingerprint density at radius 2 is 1.41 bits per heavy atom. The van der Waals surface area contributed by atoms with Gasteiger partial charge >= 0.3 is 24.3 Å². The van der Waals surface area contributed by atoms with Crippen LogP contribution in [0.1, 0.15) is 26.7 Å². The Hall–Kier alpha value is -2.64. The first-order valence-electron chi connectivity index (χ1n) is 9.52. The molecule has 0 aromatic carbocycles. The summed E-state index contributed by atoms with van der Waals surface area (Å²) in [4.78, 5) is 31.7. The highest BCUT2D eigenvalue weighted by atomic mass is 19.4. The average molecular weight is 474 g/mol. The number of aromatic nitrogens is 2. The molecule has 3 heterocycles. The molecule has 0 spiro atoms. The Labute approximate surface area is 179 Å². The maximum absolute atomic E-state index is 10.6. The van der Waals surface area contributed by atoms with Gasteiger partial charge in [-0.15, -0.1) is 0 Å². The van der Waals surface area contributed by atoms with Gasteiger partial charge in [-0.3, -0.25) is 4.90 Å². The van der Waals surface area contributed by atoms with Gasteiger partial charge in [0.25, 0.3) is 0 Å². The van der Waals surface area contributed by atoms with Crippen LogP contribution in [-0.4, -0.2) is 81.1 Å². The minimum Gasteiger partial charge on any atom is -0.475 e. The summed E-state index contributed by atoms with van der Waals surface area (Å²) in [6.45, 7) is 8.18. The lowest BCUT2D eigenvalue weighted by molar-refractivity contribution is -0.193. The number of alkyl halides is 6. The highest BCUT2D eigenvalue weighted by molar-refractivity contribution is 5.73. The lowest BCUT2D eigenvalue weighted by Crippen LogP contribution is -2.38. The molecule has 32 heavy (non-hydrogen) atoms.